The van der Waals surface area contributed by atoms with Crippen molar-refractivity contribution in [3.63, 3.8) is 0 Å². The normalized spacial score (nSPS) is 23.1. The predicted octanol–water partition coefficient (Wildman–Crippen LogP) is 4.33. The third-order valence-electron chi connectivity index (χ3n) is 3.49. The van der Waals surface area contributed by atoms with Crippen LogP contribution in [0.15, 0.2) is 18.2 Å². The monoisotopic (exact) mass is 300 g/mol. The lowest BCUT2D eigenvalue weighted by Gasteiger charge is -2.29. The van der Waals surface area contributed by atoms with Gasteiger partial charge >= 0.3 is 5.69 Å². The fraction of sp³-hybridized carbons (Fsp3) is 0.538. The van der Waals surface area contributed by atoms with E-state index in [0.717, 1.165) is 19.3 Å². The Bertz CT molecular complexity index is 470. The summed E-state index contributed by atoms with van der Waals surface area (Å²) < 4.78 is 0. The molecule has 0 spiro atoms. The molecule has 2 rings (SSSR count). The van der Waals surface area contributed by atoms with Crippen molar-refractivity contribution >= 4 is 34.7 Å². The van der Waals surface area contributed by atoms with Gasteiger partial charge in [0, 0.05) is 11.3 Å². The summed E-state index contributed by atoms with van der Waals surface area (Å²) in [5.41, 5.74) is 0.514. The SMILES string of the molecule is CSC1CCCC(Nc2cccc(Cl)c2[N+](=O)[O-])C1. The molecule has 0 aromatic heterocycles. The van der Waals surface area contributed by atoms with Gasteiger partial charge in [-0.3, -0.25) is 10.1 Å². The van der Waals surface area contributed by atoms with Crippen LogP contribution in [0.1, 0.15) is 25.7 Å². The molecule has 0 amide bonds. The minimum absolute atomic E-state index is 0.0181. The molecule has 1 aliphatic carbocycles. The number of hydrogen-bond acceptors (Lipinski definition) is 4. The molecule has 0 bridgehead atoms. The molecule has 1 aromatic carbocycles. The minimum atomic E-state index is -0.417. The second-order valence-corrected chi connectivity index (χ2v) is 6.30. The second kappa shape index (κ2) is 6.48. The molecular formula is C13H17ClN2O2S. The van der Waals surface area contributed by atoms with E-state index in [1.165, 1.54) is 6.42 Å². The Labute approximate surface area is 122 Å². The van der Waals surface area contributed by atoms with Gasteiger partial charge in [0.05, 0.1) is 4.92 Å². The Hall–Kier alpha value is -0.940. The average Bonchev–Trinajstić information content (AvgIpc) is 2.38. The molecule has 19 heavy (non-hydrogen) atoms. The number of halogens is 1. The van der Waals surface area contributed by atoms with Crippen molar-refractivity contribution in [2.45, 2.75) is 37.0 Å². The fourth-order valence-electron chi connectivity index (χ4n) is 2.53. The quantitative estimate of drug-likeness (QED) is 0.664. The molecule has 0 saturated heterocycles. The van der Waals surface area contributed by atoms with Crippen LogP contribution in [-0.4, -0.2) is 22.5 Å². The first-order chi connectivity index (χ1) is 9.11. The van der Waals surface area contributed by atoms with E-state index in [-0.39, 0.29) is 10.7 Å². The van der Waals surface area contributed by atoms with Crippen LogP contribution in [-0.2, 0) is 0 Å². The zero-order chi connectivity index (χ0) is 13.8. The highest BCUT2D eigenvalue weighted by molar-refractivity contribution is 7.99. The van der Waals surface area contributed by atoms with Gasteiger partial charge in [-0.15, -0.1) is 0 Å². The summed E-state index contributed by atoms with van der Waals surface area (Å²) in [6.45, 7) is 0. The molecule has 6 heteroatoms. The Morgan fingerprint density at radius 2 is 2.26 bits per heavy atom. The first-order valence-corrected chi connectivity index (χ1v) is 8.00. The lowest BCUT2D eigenvalue weighted by atomic mass is 9.94. The summed E-state index contributed by atoms with van der Waals surface area (Å²) in [4.78, 5) is 10.7. The number of nitrogens with zero attached hydrogens (tertiary/aromatic N) is 1. The van der Waals surface area contributed by atoms with Crippen molar-refractivity contribution < 1.29 is 4.92 Å². The maximum absolute atomic E-state index is 11.1. The van der Waals surface area contributed by atoms with E-state index in [1.54, 1.807) is 18.2 Å². The topological polar surface area (TPSA) is 55.2 Å². The van der Waals surface area contributed by atoms with Crippen LogP contribution in [0.2, 0.25) is 5.02 Å². The van der Waals surface area contributed by atoms with Gasteiger partial charge in [-0.1, -0.05) is 24.1 Å². The molecule has 1 fully saturated rings. The van der Waals surface area contributed by atoms with Crippen molar-refractivity contribution in [1.82, 2.24) is 0 Å². The summed E-state index contributed by atoms with van der Waals surface area (Å²) in [5, 5.41) is 15.2. The number of nitro benzene ring substituents is 1. The molecule has 0 aliphatic heterocycles. The van der Waals surface area contributed by atoms with E-state index >= 15 is 0 Å². The largest absolute Gasteiger partial charge is 0.377 e. The summed E-state index contributed by atoms with van der Waals surface area (Å²) in [7, 11) is 0. The number of benzene rings is 1. The van der Waals surface area contributed by atoms with E-state index in [9.17, 15) is 10.1 Å². The molecule has 0 heterocycles. The molecule has 0 radical (unpaired) electrons. The summed E-state index contributed by atoms with van der Waals surface area (Å²) in [6.07, 6.45) is 6.62. The van der Waals surface area contributed by atoms with Crippen LogP contribution in [0, 0.1) is 10.1 Å². The van der Waals surface area contributed by atoms with Crippen LogP contribution in [0.5, 0.6) is 0 Å². The number of nitrogens with one attached hydrogen (secondary N) is 1. The molecule has 1 N–H and O–H groups in total. The van der Waals surface area contributed by atoms with Crippen molar-refractivity contribution in [1.29, 1.82) is 0 Å². The molecule has 4 nitrogen and oxygen atoms in total. The number of anilines is 1. The Balaban J connectivity index is 2.14. The van der Waals surface area contributed by atoms with E-state index in [4.69, 9.17) is 11.6 Å². The lowest BCUT2D eigenvalue weighted by molar-refractivity contribution is -0.383. The van der Waals surface area contributed by atoms with E-state index in [2.05, 4.69) is 11.6 Å². The third kappa shape index (κ3) is 3.54. The first kappa shape index (κ1) is 14.5. The predicted molar refractivity (Wildman–Crippen MR) is 81.3 cm³/mol. The molecule has 2 atom stereocenters. The fourth-order valence-corrected chi connectivity index (χ4v) is 3.60. The molecule has 2 unspecified atom stereocenters. The number of rotatable bonds is 4. The van der Waals surface area contributed by atoms with Crippen LogP contribution in [0.4, 0.5) is 11.4 Å². The van der Waals surface area contributed by atoms with E-state index in [1.807, 2.05) is 11.8 Å². The molecule has 1 aliphatic rings. The molecule has 1 saturated carbocycles. The Morgan fingerprint density at radius 1 is 1.47 bits per heavy atom. The van der Waals surface area contributed by atoms with Gasteiger partial charge in [-0.25, -0.2) is 0 Å². The van der Waals surface area contributed by atoms with E-state index < -0.39 is 4.92 Å². The van der Waals surface area contributed by atoms with Crippen LogP contribution in [0.3, 0.4) is 0 Å². The maximum Gasteiger partial charge on any atom is 0.310 e. The van der Waals surface area contributed by atoms with E-state index in [0.29, 0.717) is 17.0 Å². The number of thioether (sulfide) groups is 1. The van der Waals surface area contributed by atoms with Gasteiger partial charge in [0.25, 0.3) is 0 Å². The molecule has 104 valence electrons. The average molecular weight is 301 g/mol. The van der Waals surface area contributed by atoms with Gasteiger partial charge < -0.3 is 5.32 Å². The summed E-state index contributed by atoms with van der Waals surface area (Å²) in [6, 6.07) is 5.32. The summed E-state index contributed by atoms with van der Waals surface area (Å²) >= 11 is 7.79. The highest BCUT2D eigenvalue weighted by Gasteiger charge is 2.25. The van der Waals surface area contributed by atoms with Crippen molar-refractivity contribution in [3.8, 4) is 0 Å². The van der Waals surface area contributed by atoms with Crippen LogP contribution in [0.25, 0.3) is 0 Å². The van der Waals surface area contributed by atoms with Crippen molar-refractivity contribution in [2.24, 2.45) is 0 Å². The van der Waals surface area contributed by atoms with Crippen LogP contribution < -0.4 is 5.32 Å². The highest BCUT2D eigenvalue weighted by atomic mass is 35.5. The first-order valence-electron chi connectivity index (χ1n) is 6.34. The second-order valence-electron chi connectivity index (χ2n) is 4.76. The highest BCUT2D eigenvalue weighted by Crippen LogP contribution is 2.35. The zero-order valence-electron chi connectivity index (χ0n) is 10.8. The Kier molecular flexibility index (Phi) is 4.93. The number of para-hydroxylation sites is 1. The number of hydrogen-bond donors (Lipinski definition) is 1. The third-order valence-corrected chi connectivity index (χ3v) is 4.89. The lowest BCUT2D eigenvalue weighted by Crippen LogP contribution is -2.28. The zero-order valence-corrected chi connectivity index (χ0v) is 12.3. The molecule has 1 aromatic rings. The van der Waals surface area contributed by atoms with Gasteiger partial charge in [0.1, 0.15) is 10.7 Å². The van der Waals surface area contributed by atoms with Crippen molar-refractivity contribution in [2.75, 3.05) is 11.6 Å². The van der Waals surface area contributed by atoms with Gasteiger partial charge in [0.2, 0.25) is 0 Å². The minimum Gasteiger partial charge on any atom is -0.377 e. The van der Waals surface area contributed by atoms with Gasteiger partial charge in [-0.05, 0) is 37.7 Å². The van der Waals surface area contributed by atoms with Crippen LogP contribution >= 0.6 is 23.4 Å². The number of nitro groups is 1. The van der Waals surface area contributed by atoms with Crippen molar-refractivity contribution in [3.05, 3.63) is 33.3 Å². The maximum atomic E-state index is 11.1. The smallest absolute Gasteiger partial charge is 0.310 e. The Morgan fingerprint density at radius 3 is 2.95 bits per heavy atom. The van der Waals surface area contributed by atoms with Gasteiger partial charge in [-0.2, -0.15) is 11.8 Å². The van der Waals surface area contributed by atoms with Gasteiger partial charge in [0.15, 0.2) is 0 Å². The standard InChI is InChI=1S/C13H17ClN2O2S/c1-19-10-5-2-4-9(8-10)15-12-7-3-6-11(14)13(12)16(17)18/h3,6-7,9-10,15H,2,4-5,8H2,1H3. The summed E-state index contributed by atoms with van der Waals surface area (Å²) in [5.74, 6) is 0. The molecular weight excluding hydrogens is 284 g/mol.